The predicted octanol–water partition coefficient (Wildman–Crippen LogP) is 1.94. The van der Waals surface area contributed by atoms with E-state index in [9.17, 15) is 5.11 Å². The van der Waals surface area contributed by atoms with Gasteiger partial charge in [0, 0.05) is 36.7 Å². The molecule has 2 fully saturated rings. The molecule has 5 nitrogen and oxygen atoms in total. The average molecular weight is 554 g/mol. The van der Waals surface area contributed by atoms with Crippen LogP contribution in [0.1, 0.15) is 30.7 Å². The molecule has 9 heteroatoms. The fourth-order valence-corrected chi connectivity index (χ4v) is 5.47. The molecule has 0 unspecified atom stereocenters. The average Bonchev–Trinajstić information content (AvgIpc) is 2.99. The van der Waals surface area contributed by atoms with Crippen molar-refractivity contribution in [2.45, 2.75) is 37.3 Å². The van der Waals surface area contributed by atoms with E-state index in [1.165, 1.54) is 18.4 Å². The fraction of sp³-hybridized carbons (Fsp3) is 0.667. The normalized spacial score (nSPS) is 26.5. The van der Waals surface area contributed by atoms with Gasteiger partial charge < -0.3 is 45.2 Å². The molecule has 1 aromatic carbocycles. The zero-order chi connectivity index (χ0) is 22.1. The summed E-state index contributed by atoms with van der Waals surface area (Å²) in [6, 6.07) is 9.53. The Balaban J connectivity index is 0.00000155. The van der Waals surface area contributed by atoms with Crippen molar-refractivity contribution in [2.24, 2.45) is 10.9 Å². The molecule has 2 bridgehead atoms. The standard InChI is InChI=1S/C21H32ClN3OS2.O.Tc/c1-24-17-6-7-20(24)19(18(12-17)15-2-4-16(22)5-3-15)13-25(9-11-28)14-21(26)23-8-10-27;;/h2-5,17-20,27-28H,6-14H2,1H3,(H,23,26);;/q;;+3/p-3/t17-,18+,19-,20+;;/m0../s1/i;;1+1. The van der Waals surface area contributed by atoms with Gasteiger partial charge in [-0.15, -0.1) is 0 Å². The summed E-state index contributed by atoms with van der Waals surface area (Å²) in [6.07, 6.45) is 3.65. The van der Waals surface area contributed by atoms with Gasteiger partial charge in [-0.2, -0.15) is 11.5 Å². The van der Waals surface area contributed by atoms with E-state index < -0.39 is 0 Å². The van der Waals surface area contributed by atoms with Gasteiger partial charge in [0.25, 0.3) is 0 Å². The van der Waals surface area contributed by atoms with E-state index in [1.54, 1.807) is 0 Å². The van der Waals surface area contributed by atoms with Crippen LogP contribution in [0.15, 0.2) is 29.3 Å². The second kappa shape index (κ2) is 13.6. The van der Waals surface area contributed by atoms with Crippen molar-refractivity contribution in [3.8, 4) is 0 Å². The monoisotopic (exact) mass is 553 g/mol. The molecule has 166 valence electrons. The van der Waals surface area contributed by atoms with Gasteiger partial charge in [0.15, 0.2) is 0 Å². The van der Waals surface area contributed by atoms with Crippen LogP contribution in [0.4, 0.5) is 0 Å². The van der Waals surface area contributed by atoms with E-state index in [1.807, 2.05) is 12.1 Å². The van der Waals surface area contributed by atoms with Crippen molar-refractivity contribution < 1.29 is 27.5 Å². The first-order chi connectivity index (χ1) is 14.5. The number of rotatable bonds is 9. The van der Waals surface area contributed by atoms with Gasteiger partial charge >= 0.3 is 22.4 Å². The number of piperidine rings is 1. The zero-order valence-electron chi connectivity index (χ0n) is 17.2. The van der Waals surface area contributed by atoms with Crippen molar-refractivity contribution >= 4 is 42.8 Å². The summed E-state index contributed by atoms with van der Waals surface area (Å²) < 4.78 is 8.22. The molecule has 0 N–H and O–H groups in total. The Bertz CT molecular complexity index is 683. The van der Waals surface area contributed by atoms with E-state index in [0.29, 0.717) is 48.5 Å². The number of benzene rings is 1. The van der Waals surface area contributed by atoms with Crippen molar-refractivity contribution in [3.63, 3.8) is 0 Å². The summed E-state index contributed by atoms with van der Waals surface area (Å²) >= 11 is 17.2. The van der Waals surface area contributed by atoms with Crippen LogP contribution < -0.4 is 5.11 Å². The number of nitrogens with zero attached hydrogens (tertiary/aromatic N) is 3. The topological polar surface area (TPSA) is 59.0 Å². The van der Waals surface area contributed by atoms with Gasteiger partial charge in [-0.3, -0.25) is 0 Å². The van der Waals surface area contributed by atoms with Crippen LogP contribution in [0.2, 0.25) is 5.02 Å². The second-order valence-electron chi connectivity index (χ2n) is 7.94. The van der Waals surface area contributed by atoms with Crippen LogP contribution in [0.3, 0.4) is 0 Å². The molecule has 2 saturated heterocycles. The SMILES string of the molecule is CN1[C@H]2CC[C@@H]1[C@@H](CN(CC[S-])CC([O-])=NCC[S-])[C@@H](c1ccc(Cl)cc1)C2.[O]=[99Tc+3]. The maximum absolute atomic E-state index is 12.2. The first-order valence-electron chi connectivity index (χ1n) is 10.2. The number of halogens is 1. The summed E-state index contributed by atoms with van der Waals surface area (Å²) in [7, 11) is 2.26. The second-order valence-corrected chi connectivity index (χ2v) is 9.19. The molecule has 0 aromatic heterocycles. The van der Waals surface area contributed by atoms with Gasteiger partial charge in [-0.1, -0.05) is 23.7 Å². The molecule has 0 amide bonds. The summed E-state index contributed by atoms with van der Waals surface area (Å²) in [5.74, 6) is 1.99. The molecular weight excluding hydrogens is 525 g/mol. The third kappa shape index (κ3) is 7.03. The van der Waals surface area contributed by atoms with E-state index in [4.69, 9.17) is 40.4 Å². The van der Waals surface area contributed by atoms with Gasteiger partial charge in [-0.05, 0) is 68.3 Å². The summed E-state index contributed by atoms with van der Waals surface area (Å²) in [4.78, 5) is 8.84. The molecule has 4 atom stereocenters. The number of aliphatic imine (C=N–C) groups is 1. The molecular formula is C21H29ClN3O2S2Tc. The molecule has 0 saturated carbocycles. The summed E-state index contributed by atoms with van der Waals surface area (Å²) in [6.45, 7) is 2.39. The quantitative estimate of drug-likeness (QED) is 0.265. The minimum atomic E-state index is -0.0789. The van der Waals surface area contributed by atoms with Crippen molar-refractivity contribution in [1.29, 1.82) is 0 Å². The van der Waals surface area contributed by atoms with Crippen LogP contribution in [-0.4, -0.2) is 72.5 Å². The third-order valence-corrected chi connectivity index (χ3v) is 6.96. The Kier molecular flexibility index (Phi) is 11.9. The minimum absolute atomic E-state index is 0.0789. The molecule has 0 radical (unpaired) electrons. The molecule has 3 rings (SSSR count). The molecule has 1 aromatic rings. The third-order valence-electron chi connectivity index (χ3n) is 6.34. The van der Waals surface area contributed by atoms with Crippen LogP contribution in [0, 0.1) is 5.92 Å². The van der Waals surface area contributed by atoms with Gasteiger partial charge in [0.2, 0.25) is 0 Å². The maximum atomic E-state index is 12.2. The fourth-order valence-electron chi connectivity index (χ4n) is 4.99. The summed E-state index contributed by atoms with van der Waals surface area (Å²) in [5, 5.41) is 13.0. The molecule has 2 heterocycles. The van der Waals surface area contributed by atoms with Crippen LogP contribution in [0.5, 0.6) is 0 Å². The van der Waals surface area contributed by atoms with Crippen molar-refractivity contribution in [1.82, 2.24) is 9.80 Å². The molecule has 2 aliphatic rings. The first-order valence-corrected chi connectivity index (χ1v) is 12.5. The molecule has 0 aliphatic carbocycles. The Hall–Kier alpha value is 0.0494. The van der Waals surface area contributed by atoms with Gasteiger partial charge in [-0.25, -0.2) is 0 Å². The van der Waals surface area contributed by atoms with E-state index in [2.05, 4.69) is 34.0 Å². The van der Waals surface area contributed by atoms with Crippen LogP contribution >= 0.6 is 11.6 Å². The first kappa shape index (κ1) is 26.3. The van der Waals surface area contributed by atoms with E-state index >= 15 is 0 Å². The Morgan fingerprint density at radius 1 is 1.27 bits per heavy atom. The molecule has 0 spiro atoms. The summed E-state index contributed by atoms with van der Waals surface area (Å²) in [5.41, 5.74) is 1.36. The van der Waals surface area contributed by atoms with Crippen LogP contribution in [0.25, 0.3) is 0 Å². The van der Waals surface area contributed by atoms with E-state index in [-0.39, 0.29) is 5.90 Å². The number of hydrogen-bond acceptors (Lipinski definition) is 7. The van der Waals surface area contributed by atoms with E-state index in [0.717, 1.165) is 43.4 Å². The predicted molar refractivity (Wildman–Crippen MR) is 121 cm³/mol. The van der Waals surface area contributed by atoms with Gasteiger partial charge in [0.05, 0.1) is 0 Å². The Morgan fingerprint density at radius 2 is 1.97 bits per heavy atom. The molecule has 2 aliphatic heterocycles. The number of hydrogen-bond donors (Lipinski definition) is 0. The Labute approximate surface area is 206 Å². The Morgan fingerprint density at radius 3 is 2.60 bits per heavy atom. The van der Waals surface area contributed by atoms with Crippen molar-refractivity contribution in [2.75, 3.05) is 44.7 Å². The van der Waals surface area contributed by atoms with Crippen molar-refractivity contribution in [3.05, 3.63) is 34.9 Å². The zero-order valence-corrected chi connectivity index (χ0v) is 21.5. The van der Waals surface area contributed by atoms with Crippen LogP contribution in [-0.2, 0) is 47.6 Å². The molecule has 30 heavy (non-hydrogen) atoms. The number of fused-ring (bicyclic) bond motifs is 2. The van der Waals surface area contributed by atoms with Gasteiger partial charge in [0.1, 0.15) is 0 Å².